The number of hydrogen-bond donors (Lipinski definition) is 1. The van der Waals surface area contributed by atoms with Crippen molar-refractivity contribution in [3.63, 3.8) is 0 Å². The molecule has 3 heterocycles. The molecule has 2 aliphatic rings. The molecule has 1 aliphatic carbocycles. The zero-order valence-corrected chi connectivity index (χ0v) is 27.3. The van der Waals surface area contributed by atoms with Crippen molar-refractivity contribution in [1.29, 1.82) is 0 Å². The van der Waals surface area contributed by atoms with Gasteiger partial charge in [-0.3, -0.25) is 9.56 Å². The number of nitrogens with one attached hydrogen (secondary N) is 1. The molecule has 1 atom stereocenters. The lowest BCUT2D eigenvalue weighted by Gasteiger charge is -2.29. The summed E-state index contributed by atoms with van der Waals surface area (Å²) in [4.78, 5) is 10.3. The van der Waals surface area contributed by atoms with E-state index in [0.29, 0.717) is 5.89 Å². The molecule has 0 fully saturated rings. The molecule has 0 spiro atoms. The third-order valence-corrected chi connectivity index (χ3v) is 9.98. The van der Waals surface area contributed by atoms with Gasteiger partial charge < -0.3 is 9.73 Å². The van der Waals surface area contributed by atoms with Crippen molar-refractivity contribution in [3.05, 3.63) is 174 Å². The summed E-state index contributed by atoms with van der Waals surface area (Å²) in [5, 5.41) is 8.55. The second kappa shape index (κ2) is 11.6. The molecule has 50 heavy (non-hydrogen) atoms. The average molecular weight is 645 g/mol. The molecular formula is C45H32N4O. The van der Waals surface area contributed by atoms with Crippen LogP contribution in [0.1, 0.15) is 24.0 Å². The van der Waals surface area contributed by atoms with Gasteiger partial charge in [-0.2, -0.15) is 0 Å². The number of allylic oxidation sites excluding steroid dienone is 4. The number of rotatable bonds is 5. The Kier molecular flexibility index (Phi) is 6.62. The van der Waals surface area contributed by atoms with Gasteiger partial charge in [0.2, 0.25) is 5.89 Å². The van der Waals surface area contributed by atoms with E-state index in [2.05, 4.69) is 137 Å². The molecule has 6 aromatic carbocycles. The van der Waals surface area contributed by atoms with E-state index in [1.165, 1.54) is 27.5 Å². The maximum Gasteiger partial charge on any atom is 0.227 e. The second-order valence-corrected chi connectivity index (χ2v) is 13.0. The van der Waals surface area contributed by atoms with Crippen molar-refractivity contribution in [2.24, 2.45) is 4.99 Å². The lowest BCUT2D eigenvalue weighted by atomic mass is 9.91. The van der Waals surface area contributed by atoms with Crippen LogP contribution in [0.4, 0.5) is 0 Å². The molecule has 0 saturated heterocycles. The van der Waals surface area contributed by atoms with Crippen molar-refractivity contribution >= 4 is 60.8 Å². The van der Waals surface area contributed by atoms with Gasteiger partial charge in [0.05, 0.1) is 11.2 Å². The predicted octanol–water partition coefficient (Wildman–Crippen LogP) is 10.8. The lowest BCUT2D eigenvalue weighted by Crippen LogP contribution is -2.35. The molecule has 1 unspecified atom stereocenters. The SMILES string of the molecule is C1=C(c2ccccc2)CCC(C2N=C(c3ccccc3)C=C(n3c4cc5ccccc5cc4c4ccc5nc(-c6ccccc6)oc5c43)N2)=C1. The first-order valence-corrected chi connectivity index (χ1v) is 17.2. The minimum atomic E-state index is -0.236. The summed E-state index contributed by atoms with van der Waals surface area (Å²) in [6.07, 6.45) is 8.36. The molecule has 10 rings (SSSR count). The quantitative estimate of drug-likeness (QED) is 0.203. The molecule has 2 aromatic heterocycles. The van der Waals surface area contributed by atoms with Crippen LogP contribution in [0.25, 0.3) is 66.5 Å². The molecule has 1 N–H and O–H groups in total. The third kappa shape index (κ3) is 4.78. The summed E-state index contributed by atoms with van der Waals surface area (Å²) in [6.45, 7) is 0. The third-order valence-electron chi connectivity index (χ3n) is 9.98. The first-order valence-electron chi connectivity index (χ1n) is 17.2. The zero-order valence-electron chi connectivity index (χ0n) is 27.3. The highest BCUT2D eigenvalue weighted by molar-refractivity contribution is 6.21. The molecule has 1 aliphatic heterocycles. The Morgan fingerprint density at radius 1 is 0.640 bits per heavy atom. The summed E-state index contributed by atoms with van der Waals surface area (Å²) in [5.41, 5.74) is 10.5. The van der Waals surface area contributed by atoms with Gasteiger partial charge in [0.1, 0.15) is 23.0 Å². The summed E-state index contributed by atoms with van der Waals surface area (Å²) in [6, 6.07) is 48.7. The van der Waals surface area contributed by atoms with Crippen LogP contribution in [0.5, 0.6) is 0 Å². The molecule has 238 valence electrons. The van der Waals surface area contributed by atoms with E-state index in [1.807, 2.05) is 30.3 Å². The van der Waals surface area contributed by atoms with Crippen LogP contribution in [-0.4, -0.2) is 21.4 Å². The van der Waals surface area contributed by atoms with Crippen LogP contribution in [0, 0.1) is 0 Å². The number of nitrogens with zero attached hydrogens (tertiary/aromatic N) is 3. The topological polar surface area (TPSA) is 55.4 Å². The summed E-state index contributed by atoms with van der Waals surface area (Å²) in [5.74, 6) is 1.56. The van der Waals surface area contributed by atoms with Crippen LogP contribution in [0.15, 0.2) is 173 Å². The molecule has 8 aromatic rings. The van der Waals surface area contributed by atoms with Gasteiger partial charge in [0.25, 0.3) is 0 Å². The van der Waals surface area contributed by atoms with Crippen LogP contribution in [-0.2, 0) is 0 Å². The largest absolute Gasteiger partial charge is 0.434 e. The van der Waals surface area contributed by atoms with E-state index in [-0.39, 0.29) is 6.17 Å². The zero-order chi connectivity index (χ0) is 33.0. The molecular weight excluding hydrogens is 613 g/mol. The highest BCUT2D eigenvalue weighted by atomic mass is 16.3. The Bertz CT molecular complexity index is 2710. The molecule has 5 heteroatoms. The summed E-state index contributed by atoms with van der Waals surface area (Å²) < 4.78 is 9.03. The number of aliphatic imine (C=N–C) groups is 1. The van der Waals surface area contributed by atoms with Crippen molar-refractivity contribution in [2.75, 3.05) is 0 Å². The average Bonchev–Trinajstić information content (AvgIpc) is 3.77. The highest BCUT2D eigenvalue weighted by Gasteiger charge is 2.27. The highest BCUT2D eigenvalue weighted by Crippen LogP contribution is 2.40. The van der Waals surface area contributed by atoms with E-state index in [9.17, 15) is 0 Å². The molecule has 5 nitrogen and oxygen atoms in total. The number of aromatic nitrogens is 2. The van der Waals surface area contributed by atoms with Crippen molar-refractivity contribution in [3.8, 4) is 11.5 Å². The first kappa shape index (κ1) is 28.5. The van der Waals surface area contributed by atoms with E-state index >= 15 is 0 Å². The van der Waals surface area contributed by atoms with Gasteiger partial charge >= 0.3 is 0 Å². The van der Waals surface area contributed by atoms with Crippen molar-refractivity contribution in [1.82, 2.24) is 14.9 Å². The second-order valence-electron chi connectivity index (χ2n) is 13.0. The fourth-order valence-electron chi connectivity index (χ4n) is 7.49. The Labute approximate surface area is 289 Å². The van der Waals surface area contributed by atoms with E-state index in [4.69, 9.17) is 14.4 Å². The van der Waals surface area contributed by atoms with Gasteiger partial charge in [-0.25, -0.2) is 4.98 Å². The molecule has 0 saturated carbocycles. The smallest absolute Gasteiger partial charge is 0.227 e. The maximum atomic E-state index is 6.70. The monoisotopic (exact) mass is 644 g/mol. The predicted molar refractivity (Wildman–Crippen MR) is 206 cm³/mol. The van der Waals surface area contributed by atoms with Crippen molar-refractivity contribution in [2.45, 2.75) is 19.0 Å². The number of oxazole rings is 1. The Balaban J connectivity index is 1.20. The van der Waals surface area contributed by atoms with Crippen LogP contribution in [0.2, 0.25) is 0 Å². The van der Waals surface area contributed by atoms with Gasteiger partial charge in [-0.15, -0.1) is 0 Å². The number of hydrogen-bond acceptors (Lipinski definition) is 4. The van der Waals surface area contributed by atoms with Gasteiger partial charge in [-0.1, -0.05) is 115 Å². The van der Waals surface area contributed by atoms with Gasteiger partial charge in [0.15, 0.2) is 5.58 Å². The Morgan fingerprint density at radius 3 is 2.04 bits per heavy atom. The first-order chi connectivity index (χ1) is 24.8. The fraction of sp³-hybridized carbons (Fsp3) is 0.0667. The number of benzene rings is 6. The lowest BCUT2D eigenvalue weighted by molar-refractivity contribution is 0.620. The summed E-state index contributed by atoms with van der Waals surface area (Å²) in [7, 11) is 0. The minimum Gasteiger partial charge on any atom is -0.434 e. The summed E-state index contributed by atoms with van der Waals surface area (Å²) >= 11 is 0. The van der Waals surface area contributed by atoms with Gasteiger partial charge in [-0.05, 0) is 82.3 Å². The Morgan fingerprint density at radius 2 is 1.32 bits per heavy atom. The number of fused-ring (bicyclic) bond motifs is 6. The van der Waals surface area contributed by atoms with E-state index < -0.39 is 0 Å². The van der Waals surface area contributed by atoms with Crippen LogP contribution >= 0.6 is 0 Å². The standard InChI is InChI=1S/C45H32N4O/c1-4-12-29(13-5-1)30-20-22-32(23-21-30)44-46-39(31-14-6-2-7-15-31)28-41(48-44)49-40-27-35-19-11-10-18-34(35)26-37(40)36-24-25-38-43(42(36)49)50-45(47-38)33-16-8-3-9-17-33/h1-20,22,24-28,44,48H,21,23H2. The van der Waals surface area contributed by atoms with E-state index in [0.717, 1.165) is 68.4 Å². The maximum absolute atomic E-state index is 6.70. The Hall–Kier alpha value is -6.46. The van der Waals surface area contributed by atoms with Gasteiger partial charge in [0, 0.05) is 22.4 Å². The minimum absolute atomic E-state index is 0.236. The van der Waals surface area contributed by atoms with E-state index in [1.54, 1.807) is 0 Å². The molecule has 0 radical (unpaired) electrons. The normalized spacial score (nSPS) is 16.3. The van der Waals surface area contributed by atoms with Crippen LogP contribution in [0.3, 0.4) is 0 Å². The molecule has 0 bridgehead atoms. The van der Waals surface area contributed by atoms with Crippen LogP contribution < -0.4 is 5.32 Å². The fourth-order valence-corrected chi connectivity index (χ4v) is 7.49. The van der Waals surface area contributed by atoms with Crippen molar-refractivity contribution < 1.29 is 4.42 Å². The molecule has 0 amide bonds.